The third kappa shape index (κ3) is 4.87. The number of urea groups is 1. The summed E-state index contributed by atoms with van der Waals surface area (Å²) in [5.74, 6) is 1.35. The first-order chi connectivity index (χ1) is 13.1. The molecule has 0 bridgehead atoms. The van der Waals surface area contributed by atoms with Crippen molar-refractivity contribution in [1.82, 2.24) is 25.1 Å². The van der Waals surface area contributed by atoms with Crippen molar-refractivity contribution in [2.45, 2.75) is 32.9 Å². The predicted molar refractivity (Wildman–Crippen MR) is 103 cm³/mol. The number of carbonyl (C=O) groups is 2. The van der Waals surface area contributed by atoms with Gasteiger partial charge in [-0.2, -0.15) is 0 Å². The van der Waals surface area contributed by atoms with Gasteiger partial charge in [0.1, 0.15) is 5.82 Å². The molecular formula is C20H27N5O2. The largest absolute Gasteiger partial charge is 0.355 e. The first kappa shape index (κ1) is 18.9. The zero-order valence-electron chi connectivity index (χ0n) is 15.9. The highest BCUT2D eigenvalue weighted by Gasteiger charge is 2.24. The van der Waals surface area contributed by atoms with E-state index in [1.165, 1.54) is 0 Å². The lowest BCUT2D eigenvalue weighted by molar-refractivity contribution is 0.0963. The third-order valence-electron chi connectivity index (χ3n) is 5.07. The molecule has 1 aromatic carbocycles. The summed E-state index contributed by atoms with van der Waals surface area (Å²) in [6.07, 6.45) is 5.96. The van der Waals surface area contributed by atoms with Crippen LogP contribution in [0, 0.1) is 12.8 Å². The van der Waals surface area contributed by atoms with Gasteiger partial charge < -0.3 is 20.1 Å². The zero-order valence-corrected chi connectivity index (χ0v) is 15.9. The van der Waals surface area contributed by atoms with Crippen LogP contribution in [-0.2, 0) is 13.1 Å². The Morgan fingerprint density at radius 1 is 1.26 bits per heavy atom. The van der Waals surface area contributed by atoms with E-state index in [-0.39, 0.29) is 11.9 Å². The van der Waals surface area contributed by atoms with E-state index in [9.17, 15) is 9.59 Å². The van der Waals surface area contributed by atoms with E-state index in [1.807, 2.05) is 36.4 Å². The van der Waals surface area contributed by atoms with Gasteiger partial charge in [0.2, 0.25) is 0 Å². The number of hydrogen-bond donors (Lipinski definition) is 2. The Hall–Kier alpha value is -2.83. The van der Waals surface area contributed by atoms with E-state index < -0.39 is 0 Å². The van der Waals surface area contributed by atoms with Gasteiger partial charge in [0.05, 0.1) is 0 Å². The molecule has 7 nitrogen and oxygen atoms in total. The van der Waals surface area contributed by atoms with Crippen LogP contribution in [0.15, 0.2) is 36.7 Å². The second kappa shape index (κ2) is 8.70. The monoisotopic (exact) mass is 369 g/mol. The van der Waals surface area contributed by atoms with Crippen LogP contribution in [0.25, 0.3) is 0 Å². The number of aromatic nitrogens is 2. The third-order valence-corrected chi connectivity index (χ3v) is 5.07. The van der Waals surface area contributed by atoms with Crippen LogP contribution in [0.1, 0.15) is 34.6 Å². The van der Waals surface area contributed by atoms with Crippen molar-refractivity contribution in [2.24, 2.45) is 5.92 Å². The summed E-state index contributed by atoms with van der Waals surface area (Å²) in [6, 6.07) is 7.24. The average molecular weight is 369 g/mol. The number of hydrogen-bond acceptors (Lipinski definition) is 3. The van der Waals surface area contributed by atoms with Gasteiger partial charge in [0, 0.05) is 51.2 Å². The molecule has 144 valence electrons. The molecular weight excluding hydrogens is 342 g/mol. The van der Waals surface area contributed by atoms with Gasteiger partial charge in [-0.3, -0.25) is 4.79 Å². The van der Waals surface area contributed by atoms with E-state index >= 15 is 0 Å². The molecule has 1 aliphatic rings. The van der Waals surface area contributed by atoms with Crippen molar-refractivity contribution in [2.75, 3.05) is 20.1 Å². The van der Waals surface area contributed by atoms with Crippen molar-refractivity contribution >= 4 is 11.9 Å². The number of imidazole rings is 1. The van der Waals surface area contributed by atoms with Gasteiger partial charge in [-0.25, -0.2) is 9.78 Å². The van der Waals surface area contributed by atoms with Gasteiger partial charge in [0.25, 0.3) is 5.91 Å². The topological polar surface area (TPSA) is 79.3 Å². The molecule has 1 aliphatic heterocycles. The van der Waals surface area contributed by atoms with E-state index in [2.05, 4.69) is 20.2 Å². The Morgan fingerprint density at radius 2 is 2.04 bits per heavy atom. The fourth-order valence-corrected chi connectivity index (χ4v) is 3.48. The van der Waals surface area contributed by atoms with Crippen molar-refractivity contribution in [3.63, 3.8) is 0 Å². The highest BCUT2D eigenvalue weighted by Crippen LogP contribution is 2.19. The van der Waals surface area contributed by atoms with Crippen LogP contribution in [0.3, 0.4) is 0 Å². The molecule has 2 heterocycles. The predicted octanol–water partition coefficient (Wildman–Crippen LogP) is 2.17. The highest BCUT2D eigenvalue weighted by atomic mass is 16.2. The first-order valence-electron chi connectivity index (χ1n) is 9.38. The number of piperidine rings is 1. The molecule has 1 fully saturated rings. The molecule has 7 heteroatoms. The maximum absolute atomic E-state index is 12.5. The molecule has 27 heavy (non-hydrogen) atoms. The number of amides is 3. The number of nitrogens with one attached hydrogen (secondary N) is 2. The van der Waals surface area contributed by atoms with Crippen LogP contribution in [0.5, 0.6) is 0 Å². The number of nitrogens with zero attached hydrogens (tertiary/aromatic N) is 3. The Bertz CT molecular complexity index is 784. The van der Waals surface area contributed by atoms with E-state index in [0.717, 1.165) is 43.9 Å². The van der Waals surface area contributed by atoms with E-state index in [1.54, 1.807) is 19.2 Å². The molecule has 0 spiro atoms. The molecule has 0 aliphatic carbocycles. The lowest BCUT2D eigenvalue weighted by Crippen LogP contribution is -2.46. The second-order valence-electron chi connectivity index (χ2n) is 7.02. The molecule has 1 aromatic heterocycles. The highest BCUT2D eigenvalue weighted by molar-refractivity contribution is 5.93. The second-order valence-corrected chi connectivity index (χ2v) is 7.02. The number of benzene rings is 1. The molecule has 0 saturated carbocycles. The Morgan fingerprint density at radius 3 is 2.70 bits per heavy atom. The maximum atomic E-state index is 12.5. The Balaban J connectivity index is 1.50. The lowest BCUT2D eigenvalue weighted by Gasteiger charge is -2.33. The van der Waals surface area contributed by atoms with Crippen LogP contribution in [-0.4, -0.2) is 46.5 Å². The summed E-state index contributed by atoms with van der Waals surface area (Å²) in [7, 11) is 1.61. The lowest BCUT2D eigenvalue weighted by atomic mass is 9.98. The molecule has 1 atom stereocenters. The fourth-order valence-electron chi connectivity index (χ4n) is 3.48. The normalized spacial score (nSPS) is 16.8. The smallest absolute Gasteiger partial charge is 0.317 e. The van der Waals surface area contributed by atoms with Gasteiger partial charge in [0.15, 0.2) is 0 Å². The minimum atomic E-state index is -0.113. The Kier molecular flexibility index (Phi) is 6.11. The Labute approximate surface area is 159 Å². The fraction of sp³-hybridized carbons (Fsp3) is 0.450. The minimum absolute atomic E-state index is 0.0302. The quantitative estimate of drug-likeness (QED) is 0.848. The number of aryl methyl sites for hydroxylation is 1. The summed E-state index contributed by atoms with van der Waals surface area (Å²) in [5.41, 5.74) is 1.58. The van der Waals surface area contributed by atoms with Crippen LogP contribution in [0.4, 0.5) is 4.79 Å². The molecule has 0 radical (unpaired) electrons. The molecule has 2 N–H and O–H groups in total. The summed E-state index contributed by atoms with van der Waals surface area (Å²) < 4.78 is 2.15. The maximum Gasteiger partial charge on any atom is 0.317 e. The first-order valence-corrected chi connectivity index (χ1v) is 9.38. The average Bonchev–Trinajstić information content (AvgIpc) is 3.10. The molecule has 2 aromatic rings. The van der Waals surface area contributed by atoms with Crippen molar-refractivity contribution in [1.29, 1.82) is 0 Å². The standard InChI is InChI=1S/C20H27N5O2/c1-15-22-9-11-24(15)13-17-4-3-10-25(14-17)20(27)23-12-16-5-7-18(8-6-16)19(26)21-2/h5-9,11,17H,3-4,10,12-14H2,1-2H3,(H,21,26)(H,23,27). The van der Waals surface area contributed by atoms with E-state index in [4.69, 9.17) is 0 Å². The zero-order chi connectivity index (χ0) is 19.2. The van der Waals surface area contributed by atoms with Crippen molar-refractivity contribution in [3.8, 4) is 0 Å². The van der Waals surface area contributed by atoms with Crippen LogP contribution in [0.2, 0.25) is 0 Å². The molecule has 3 amide bonds. The van der Waals surface area contributed by atoms with Crippen molar-refractivity contribution < 1.29 is 9.59 Å². The molecule has 1 unspecified atom stereocenters. The van der Waals surface area contributed by atoms with Crippen molar-refractivity contribution in [3.05, 3.63) is 53.6 Å². The minimum Gasteiger partial charge on any atom is -0.355 e. The molecule has 1 saturated heterocycles. The summed E-state index contributed by atoms with van der Waals surface area (Å²) in [5, 5.41) is 5.59. The summed E-state index contributed by atoms with van der Waals surface area (Å²) in [4.78, 5) is 30.3. The number of likely N-dealkylation sites (tertiary alicyclic amines) is 1. The van der Waals surface area contributed by atoms with Gasteiger partial charge in [-0.15, -0.1) is 0 Å². The molecule has 3 rings (SSSR count). The van der Waals surface area contributed by atoms with Crippen LogP contribution >= 0.6 is 0 Å². The van der Waals surface area contributed by atoms with Gasteiger partial charge in [-0.05, 0) is 43.4 Å². The van der Waals surface area contributed by atoms with Gasteiger partial charge >= 0.3 is 6.03 Å². The summed E-state index contributed by atoms with van der Waals surface area (Å²) in [6.45, 7) is 4.91. The van der Waals surface area contributed by atoms with E-state index in [0.29, 0.717) is 18.0 Å². The SMILES string of the molecule is CNC(=O)c1ccc(CNC(=O)N2CCCC(Cn3ccnc3C)C2)cc1. The number of rotatable bonds is 5. The number of carbonyl (C=O) groups excluding carboxylic acids is 2. The van der Waals surface area contributed by atoms with Gasteiger partial charge in [-0.1, -0.05) is 12.1 Å². The summed E-state index contributed by atoms with van der Waals surface area (Å²) >= 11 is 0. The van der Waals surface area contributed by atoms with Crippen LogP contribution < -0.4 is 10.6 Å².